The molecule has 0 aromatic heterocycles. The van der Waals surface area contributed by atoms with Crippen molar-refractivity contribution < 1.29 is 18.0 Å². The quantitative estimate of drug-likeness (QED) is 0.894. The van der Waals surface area contributed by atoms with Crippen LogP contribution in [0.3, 0.4) is 0 Å². The Morgan fingerprint density at radius 3 is 2.45 bits per heavy atom. The van der Waals surface area contributed by atoms with Crippen molar-refractivity contribution in [3.63, 3.8) is 0 Å². The molecule has 1 aromatic rings. The highest BCUT2D eigenvalue weighted by Gasteiger charge is 2.42. The van der Waals surface area contributed by atoms with E-state index in [0.29, 0.717) is 5.56 Å². The van der Waals surface area contributed by atoms with E-state index in [9.17, 15) is 18.0 Å². The van der Waals surface area contributed by atoms with Crippen LogP contribution in [0.5, 0.6) is 0 Å². The van der Waals surface area contributed by atoms with Crippen LogP contribution in [0.1, 0.15) is 38.1 Å². The largest absolute Gasteiger partial charge is 0.347 e. The molecule has 2 amide bonds. The highest BCUT2D eigenvalue weighted by Crippen LogP contribution is 2.28. The lowest BCUT2D eigenvalue weighted by Crippen LogP contribution is -2.40. The van der Waals surface area contributed by atoms with Gasteiger partial charge in [-0.05, 0) is 39.0 Å². The normalized spacial score (nSPS) is 21.0. The Bertz CT molecular complexity index is 719. The van der Waals surface area contributed by atoms with Crippen molar-refractivity contribution in [1.82, 2.24) is 5.32 Å². The Morgan fingerprint density at radius 2 is 1.95 bits per heavy atom. The molecule has 1 heterocycles. The fourth-order valence-corrected chi connectivity index (χ4v) is 4.09. The SMILES string of the molecule is CC1CS(=O)(=O)N(c2cccc(C(=O)NC(C)(C)C)c2)C1=O. The highest BCUT2D eigenvalue weighted by molar-refractivity contribution is 7.94. The van der Waals surface area contributed by atoms with E-state index in [2.05, 4.69) is 5.32 Å². The predicted octanol–water partition coefficient (Wildman–Crippen LogP) is 1.53. The summed E-state index contributed by atoms with van der Waals surface area (Å²) in [7, 11) is -3.66. The van der Waals surface area contributed by atoms with Crippen molar-refractivity contribution >= 4 is 27.5 Å². The van der Waals surface area contributed by atoms with Crippen LogP contribution in [-0.4, -0.2) is 31.5 Å². The molecule has 1 unspecified atom stereocenters. The Balaban J connectivity index is 2.37. The molecule has 1 aliphatic rings. The number of anilines is 1. The van der Waals surface area contributed by atoms with Crippen LogP contribution in [0.4, 0.5) is 5.69 Å². The second-order valence-electron chi connectivity index (χ2n) is 6.54. The zero-order chi connectivity index (χ0) is 16.7. The molecule has 0 bridgehead atoms. The fraction of sp³-hybridized carbons (Fsp3) is 0.467. The van der Waals surface area contributed by atoms with Gasteiger partial charge in [-0.15, -0.1) is 0 Å². The van der Waals surface area contributed by atoms with Gasteiger partial charge in [-0.25, -0.2) is 12.7 Å². The summed E-state index contributed by atoms with van der Waals surface area (Å²) in [5.41, 5.74) is 0.114. The zero-order valence-electron chi connectivity index (χ0n) is 13.1. The van der Waals surface area contributed by atoms with Crippen LogP contribution in [0, 0.1) is 5.92 Å². The molecule has 1 aliphatic heterocycles. The molecule has 6 nitrogen and oxygen atoms in total. The molecule has 22 heavy (non-hydrogen) atoms. The van der Waals surface area contributed by atoms with Crippen LogP contribution in [0.15, 0.2) is 24.3 Å². The lowest BCUT2D eigenvalue weighted by molar-refractivity contribution is -0.119. The molecule has 0 radical (unpaired) electrons. The van der Waals surface area contributed by atoms with Crippen LogP contribution in [-0.2, 0) is 14.8 Å². The molecule has 1 atom stereocenters. The van der Waals surface area contributed by atoms with E-state index >= 15 is 0 Å². The summed E-state index contributed by atoms with van der Waals surface area (Å²) in [5.74, 6) is -1.55. The number of benzene rings is 1. The van der Waals surface area contributed by atoms with E-state index < -0.39 is 27.4 Å². The number of hydrogen-bond acceptors (Lipinski definition) is 4. The molecule has 1 N–H and O–H groups in total. The number of nitrogens with one attached hydrogen (secondary N) is 1. The van der Waals surface area contributed by atoms with Gasteiger partial charge in [0.15, 0.2) is 0 Å². The Morgan fingerprint density at radius 1 is 1.32 bits per heavy atom. The lowest BCUT2D eigenvalue weighted by atomic mass is 10.1. The molecular weight excluding hydrogens is 304 g/mol. The van der Waals surface area contributed by atoms with Gasteiger partial charge >= 0.3 is 0 Å². The van der Waals surface area contributed by atoms with Crippen molar-refractivity contribution in [1.29, 1.82) is 0 Å². The van der Waals surface area contributed by atoms with Gasteiger partial charge < -0.3 is 5.32 Å². The third-order valence-corrected chi connectivity index (χ3v) is 5.06. The highest BCUT2D eigenvalue weighted by atomic mass is 32.2. The Kier molecular flexibility index (Phi) is 4.04. The van der Waals surface area contributed by atoms with Crippen LogP contribution in [0.25, 0.3) is 0 Å². The summed E-state index contributed by atoms with van der Waals surface area (Å²) in [6, 6.07) is 6.09. The minimum atomic E-state index is -3.66. The molecule has 0 aliphatic carbocycles. The van der Waals surface area contributed by atoms with E-state index in [0.717, 1.165) is 4.31 Å². The van der Waals surface area contributed by atoms with Crippen molar-refractivity contribution in [2.24, 2.45) is 5.92 Å². The van der Waals surface area contributed by atoms with E-state index in [4.69, 9.17) is 0 Å². The van der Waals surface area contributed by atoms with Crippen molar-refractivity contribution in [3.8, 4) is 0 Å². The van der Waals surface area contributed by atoms with E-state index in [1.165, 1.54) is 12.1 Å². The number of sulfonamides is 1. The van der Waals surface area contributed by atoms with Gasteiger partial charge in [-0.3, -0.25) is 9.59 Å². The number of carbonyl (C=O) groups is 2. The number of carbonyl (C=O) groups excluding carboxylic acids is 2. The molecule has 2 rings (SSSR count). The van der Waals surface area contributed by atoms with Gasteiger partial charge in [0.2, 0.25) is 15.9 Å². The molecule has 1 fully saturated rings. The Labute approximate surface area is 130 Å². The van der Waals surface area contributed by atoms with Gasteiger partial charge in [0, 0.05) is 11.1 Å². The monoisotopic (exact) mass is 324 g/mol. The first-order valence-corrected chi connectivity index (χ1v) is 8.61. The smallest absolute Gasteiger partial charge is 0.251 e. The zero-order valence-corrected chi connectivity index (χ0v) is 13.9. The van der Waals surface area contributed by atoms with Crippen LogP contribution < -0.4 is 9.62 Å². The maximum Gasteiger partial charge on any atom is 0.251 e. The number of amides is 2. The summed E-state index contributed by atoms with van der Waals surface area (Å²) in [6.07, 6.45) is 0. The van der Waals surface area contributed by atoms with E-state index in [-0.39, 0.29) is 17.3 Å². The minimum absolute atomic E-state index is 0.204. The summed E-state index contributed by atoms with van der Waals surface area (Å²) < 4.78 is 25.0. The predicted molar refractivity (Wildman–Crippen MR) is 84.1 cm³/mol. The van der Waals surface area contributed by atoms with Gasteiger partial charge in [0.1, 0.15) is 0 Å². The van der Waals surface area contributed by atoms with Crippen molar-refractivity contribution in [3.05, 3.63) is 29.8 Å². The third-order valence-electron chi connectivity index (χ3n) is 3.19. The third kappa shape index (κ3) is 3.30. The molecule has 0 spiro atoms. The molecule has 7 heteroatoms. The summed E-state index contributed by atoms with van der Waals surface area (Å²) in [4.78, 5) is 24.2. The molecule has 0 saturated carbocycles. The standard InChI is InChI=1S/C15H20N2O4S/c1-10-9-22(20,21)17(14(10)19)12-7-5-6-11(8-12)13(18)16-15(2,3)4/h5-8,10H,9H2,1-4H3,(H,16,18). The second kappa shape index (κ2) is 5.39. The van der Waals surface area contributed by atoms with Gasteiger partial charge in [0.05, 0.1) is 17.4 Å². The molecule has 120 valence electrons. The molecular formula is C15H20N2O4S. The van der Waals surface area contributed by atoms with Crippen molar-refractivity contribution in [2.75, 3.05) is 10.1 Å². The maximum absolute atomic E-state index is 12.2. The topological polar surface area (TPSA) is 83.6 Å². The van der Waals surface area contributed by atoms with E-state index in [1.54, 1.807) is 19.1 Å². The number of hydrogen-bond donors (Lipinski definition) is 1. The lowest BCUT2D eigenvalue weighted by Gasteiger charge is -2.21. The first-order chi connectivity index (χ1) is 10.0. The van der Waals surface area contributed by atoms with Gasteiger partial charge in [-0.1, -0.05) is 13.0 Å². The first kappa shape index (κ1) is 16.5. The summed E-state index contributed by atoms with van der Waals surface area (Å²) in [6.45, 7) is 7.14. The second-order valence-corrected chi connectivity index (χ2v) is 8.40. The van der Waals surface area contributed by atoms with Crippen LogP contribution in [0.2, 0.25) is 0 Å². The summed E-state index contributed by atoms with van der Waals surface area (Å²) >= 11 is 0. The number of rotatable bonds is 2. The van der Waals surface area contributed by atoms with E-state index in [1.807, 2.05) is 20.8 Å². The van der Waals surface area contributed by atoms with Crippen LogP contribution >= 0.6 is 0 Å². The maximum atomic E-state index is 12.2. The molecule has 1 aromatic carbocycles. The van der Waals surface area contributed by atoms with Crippen molar-refractivity contribution in [2.45, 2.75) is 33.2 Å². The fourth-order valence-electron chi connectivity index (χ4n) is 2.27. The molecule has 1 saturated heterocycles. The minimum Gasteiger partial charge on any atom is -0.347 e. The van der Waals surface area contributed by atoms with Gasteiger partial charge in [0.25, 0.3) is 5.91 Å². The summed E-state index contributed by atoms with van der Waals surface area (Å²) in [5, 5.41) is 2.80. The number of nitrogens with zero attached hydrogens (tertiary/aromatic N) is 1. The average molecular weight is 324 g/mol. The average Bonchev–Trinajstić information content (AvgIpc) is 2.56. The Hall–Kier alpha value is -1.89. The first-order valence-electron chi connectivity index (χ1n) is 7.01. The van der Waals surface area contributed by atoms with Gasteiger partial charge in [-0.2, -0.15) is 0 Å².